The summed E-state index contributed by atoms with van der Waals surface area (Å²) >= 11 is 0. The van der Waals surface area contributed by atoms with Crippen molar-refractivity contribution < 1.29 is 9.18 Å². The molecule has 2 aromatic rings. The standard InChI is InChI=1S/C17H19FN4O2/c1-11-19-15(9-16(23)20-11)12-3-2-8-22(10-12)17(24)21-14-6-4-13(18)5-7-14/h4-7,9,12H,2-3,8,10H2,1H3,(H,21,24)(H,19,20,23). The lowest BCUT2D eigenvalue weighted by atomic mass is 9.94. The predicted octanol–water partition coefficient (Wildman–Crippen LogP) is 2.63. The van der Waals surface area contributed by atoms with Crippen LogP contribution in [0.25, 0.3) is 0 Å². The number of benzene rings is 1. The molecule has 1 aromatic carbocycles. The SMILES string of the molecule is Cc1nc(C2CCCN(C(=O)Nc3ccc(F)cc3)C2)cc(=O)[nH]1. The summed E-state index contributed by atoms with van der Waals surface area (Å²) in [6.45, 7) is 2.89. The van der Waals surface area contributed by atoms with Crippen LogP contribution < -0.4 is 10.9 Å². The van der Waals surface area contributed by atoms with E-state index in [9.17, 15) is 14.0 Å². The van der Waals surface area contributed by atoms with E-state index in [1.54, 1.807) is 11.8 Å². The van der Waals surface area contributed by atoms with Gasteiger partial charge in [-0.25, -0.2) is 14.2 Å². The molecule has 1 saturated heterocycles. The van der Waals surface area contributed by atoms with Gasteiger partial charge in [-0.05, 0) is 44.0 Å². The largest absolute Gasteiger partial charge is 0.324 e. The third-order valence-corrected chi connectivity index (χ3v) is 4.10. The number of amides is 2. The van der Waals surface area contributed by atoms with Crippen LogP contribution in [0.3, 0.4) is 0 Å². The molecule has 1 fully saturated rings. The number of nitrogens with one attached hydrogen (secondary N) is 2. The number of aromatic nitrogens is 2. The van der Waals surface area contributed by atoms with Crippen LogP contribution in [0.2, 0.25) is 0 Å². The second-order valence-corrected chi connectivity index (χ2v) is 5.98. The number of hydrogen-bond acceptors (Lipinski definition) is 3. The zero-order valence-corrected chi connectivity index (χ0v) is 13.4. The van der Waals surface area contributed by atoms with Gasteiger partial charge in [0.2, 0.25) is 0 Å². The van der Waals surface area contributed by atoms with E-state index in [0.717, 1.165) is 18.5 Å². The van der Waals surface area contributed by atoms with Gasteiger partial charge in [-0.15, -0.1) is 0 Å². The minimum absolute atomic E-state index is 0.0405. The number of likely N-dealkylation sites (tertiary alicyclic amines) is 1. The molecule has 1 atom stereocenters. The van der Waals surface area contributed by atoms with Gasteiger partial charge in [0, 0.05) is 30.8 Å². The molecule has 2 amide bonds. The van der Waals surface area contributed by atoms with Crippen molar-refractivity contribution in [1.29, 1.82) is 0 Å². The van der Waals surface area contributed by atoms with Crippen LogP contribution >= 0.6 is 0 Å². The third-order valence-electron chi connectivity index (χ3n) is 4.10. The molecule has 0 spiro atoms. The van der Waals surface area contributed by atoms with E-state index in [-0.39, 0.29) is 23.3 Å². The molecule has 0 radical (unpaired) electrons. The van der Waals surface area contributed by atoms with E-state index in [1.807, 2.05) is 0 Å². The summed E-state index contributed by atoms with van der Waals surface area (Å²) in [7, 11) is 0. The van der Waals surface area contributed by atoms with Gasteiger partial charge in [-0.3, -0.25) is 4.79 Å². The Labute approximate surface area is 138 Å². The van der Waals surface area contributed by atoms with Crippen LogP contribution in [0, 0.1) is 12.7 Å². The first-order chi connectivity index (χ1) is 11.5. The Bertz CT molecular complexity index is 788. The number of rotatable bonds is 2. The Morgan fingerprint density at radius 3 is 2.83 bits per heavy atom. The van der Waals surface area contributed by atoms with Gasteiger partial charge in [0.15, 0.2) is 0 Å². The fourth-order valence-corrected chi connectivity index (χ4v) is 2.95. The molecule has 2 heterocycles. The molecule has 1 aliphatic rings. The lowest BCUT2D eigenvalue weighted by Gasteiger charge is -2.32. The molecule has 24 heavy (non-hydrogen) atoms. The van der Waals surface area contributed by atoms with E-state index in [0.29, 0.717) is 24.6 Å². The summed E-state index contributed by atoms with van der Waals surface area (Å²) in [5.74, 6) is 0.269. The Hall–Kier alpha value is -2.70. The lowest BCUT2D eigenvalue weighted by Crippen LogP contribution is -2.42. The summed E-state index contributed by atoms with van der Waals surface area (Å²) in [4.78, 5) is 32.7. The van der Waals surface area contributed by atoms with E-state index < -0.39 is 0 Å². The maximum Gasteiger partial charge on any atom is 0.321 e. The number of aromatic amines is 1. The number of aryl methyl sites for hydroxylation is 1. The first-order valence-electron chi connectivity index (χ1n) is 7.90. The van der Waals surface area contributed by atoms with Gasteiger partial charge in [0.05, 0.1) is 5.69 Å². The van der Waals surface area contributed by atoms with Crippen molar-refractivity contribution in [3.63, 3.8) is 0 Å². The maximum atomic E-state index is 12.9. The minimum Gasteiger partial charge on any atom is -0.324 e. The number of anilines is 1. The van der Waals surface area contributed by atoms with Crippen LogP contribution in [-0.4, -0.2) is 34.0 Å². The average molecular weight is 330 g/mol. The average Bonchev–Trinajstić information content (AvgIpc) is 2.56. The number of carbonyl (C=O) groups is 1. The maximum absolute atomic E-state index is 12.9. The third kappa shape index (κ3) is 3.79. The molecule has 126 valence electrons. The Kier molecular flexibility index (Phi) is 4.59. The van der Waals surface area contributed by atoms with Gasteiger partial charge < -0.3 is 15.2 Å². The van der Waals surface area contributed by atoms with Crippen molar-refractivity contribution in [3.8, 4) is 0 Å². The van der Waals surface area contributed by atoms with Gasteiger partial charge in [0.25, 0.3) is 5.56 Å². The summed E-state index contributed by atoms with van der Waals surface area (Å²) in [5, 5.41) is 2.77. The number of H-pyrrole nitrogens is 1. The molecule has 2 N–H and O–H groups in total. The highest BCUT2D eigenvalue weighted by molar-refractivity contribution is 5.89. The highest BCUT2D eigenvalue weighted by atomic mass is 19.1. The van der Waals surface area contributed by atoms with E-state index in [4.69, 9.17) is 0 Å². The smallest absolute Gasteiger partial charge is 0.321 e. The Balaban J connectivity index is 1.69. The molecular weight excluding hydrogens is 311 g/mol. The number of piperidine rings is 1. The molecule has 0 aliphatic carbocycles. The molecule has 7 heteroatoms. The van der Waals surface area contributed by atoms with Crippen molar-refractivity contribution in [2.45, 2.75) is 25.7 Å². The molecule has 6 nitrogen and oxygen atoms in total. The molecule has 0 bridgehead atoms. The summed E-state index contributed by atoms with van der Waals surface area (Å²) in [5.41, 5.74) is 1.09. The van der Waals surface area contributed by atoms with E-state index >= 15 is 0 Å². The minimum atomic E-state index is -0.346. The Morgan fingerprint density at radius 1 is 1.38 bits per heavy atom. The summed E-state index contributed by atoms with van der Waals surface area (Å²) in [6, 6.07) is 6.92. The van der Waals surface area contributed by atoms with Gasteiger partial charge >= 0.3 is 6.03 Å². The van der Waals surface area contributed by atoms with Crippen molar-refractivity contribution in [1.82, 2.24) is 14.9 Å². The predicted molar refractivity (Wildman–Crippen MR) is 88.6 cm³/mol. The number of nitrogens with zero attached hydrogens (tertiary/aromatic N) is 2. The van der Waals surface area contributed by atoms with Crippen LogP contribution in [0.4, 0.5) is 14.9 Å². The number of hydrogen-bond donors (Lipinski definition) is 2. The fraction of sp³-hybridized carbons (Fsp3) is 0.353. The van der Waals surface area contributed by atoms with Gasteiger partial charge in [0.1, 0.15) is 11.6 Å². The fourth-order valence-electron chi connectivity index (χ4n) is 2.95. The second-order valence-electron chi connectivity index (χ2n) is 5.98. The Morgan fingerprint density at radius 2 is 2.12 bits per heavy atom. The topological polar surface area (TPSA) is 78.1 Å². The summed E-state index contributed by atoms with van der Waals surface area (Å²) in [6.07, 6.45) is 1.73. The second kappa shape index (κ2) is 6.82. The normalized spacial score (nSPS) is 17.6. The van der Waals surface area contributed by atoms with Crippen molar-refractivity contribution in [2.75, 3.05) is 18.4 Å². The first-order valence-corrected chi connectivity index (χ1v) is 7.90. The van der Waals surface area contributed by atoms with E-state index in [2.05, 4.69) is 15.3 Å². The van der Waals surface area contributed by atoms with Crippen LogP contribution in [0.5, 0.6) is 0 Å². The molecule has 1 aliphatic heterocycles. The highest BCUT2D eigenvalue weighted by Crippen LogP contribution is 2.25. The highest BCUT2D eigenvalue weighted by Gasteiger charge is 2.26. The van der Waals surface area contributed by atoms with Gasteiger partial charge in [-0.1, -0.05) is 0 Å². The van der Waals surface area contributed by atoms with Crippen molar-refractivity contribution in [2.24, 2.45) is 0 Å². The lowest BCUT2D eigenvalue weighted by molar-refractivity contribution is 0.192. The number of halogens is 1. The number of carbonyl (C=O) groups excluding carboxylic acids is 1. The van der Waals surface area contributed by atoms with Crippen LogP contribution in [0.1, 0.15) is 30.3 Å². The van der Waals surface area contributed by atoms with Crippen molar-refractivity contribution in [3.05, 3.63) is 58.0 Å². The first kappa shape index (κ1) is 16.2. The molecule has 1 unspecified atom stereocenters. The zero-order chi connectivity index (χ0) is 17.1. The molecule has 0 saturated carbocycles. The van der Waals surface area contributed by atoms with Gasteiger partial charge in [-0.2, -0.15) is 0 Å². The van der Waals surface area contributed by atoms with Crippen LogP contribution in [0.15, 0.2) is 35.1 Å². The van der Waals surface area contributed by atoms with E-state index in [1.165, 1.54) is 30.3 Å². The molecule has 1 aromatic heterocycles. The molecule has 3 rings (SSSR count). The summed E-state index contributed by atoms with van der Waals surface area (Å²) < 4.78 is 12.9. The quantitative estimate of drug-likeness (QED) is 0.888. The van der Waals surface area contributed by atoms with Crippen LogP contribution in [-0.2, 0) is 0 Å². The van der Waals surface area contributed by atoms with Crippen molar-refractivity contribution >= 4 is 11.7 Å². The zero-order valence-electron chi connectivity index (χ0n) is 13.4. The molecular formula is C17H19FN4O2. The number of urea groups is 1. The monoisotopic (exact) mass is 330 g/mol.